The van der Waals surface area contributed by atoms with Gasteiger partial charge in [-0.3, -0.25) is 33.8 Å². The maximum absolute atomic E-state index is 16.1. The first-order valence-corrected chi connectivity index (χ1v) is 23.6. The summed E-state index contributed by atoms with van der Waals surface area (Å²) in [5.41, 5.74) is 2.42. The van der Waals surface area contributed by atoms with E-state index >= 15 is 14.4 Å². The Kier molecular flexibility index (Phi) is 13.2. The highest BCUT2D eigenvalue weighted by atomic mass is 16.7. The molecule has 0 aliphatic carbocycles. The van der Waals surface area contributed by atoms with Gasteiger partial charge in [0.05, 0.1) is 38.8 Å². The minimum absolute atomic E-state index is 0.0729. The number of nitrogens with one attached hydrogen (secondary N) is 1. The summed E-state index contributed by atoms with van der Waals surface area (Å²) in [6.45, 7) is 2.00. The van der Waals surface area contributed by atoms with E-state index in [1.54, 1.807) is 35.2 Å². The maximum atomic E-state index is 16.1. The van der Waals surface area contributed by atoms with Crippen LogP contribution in [0.25, 0.3) is 0 Å². The van der Waals surface area contributed by atoms with Crippen LogP contribution in [0.1, 0.15) is 58.0 Å². The zero-order valence-corrected chi connectivity index (χ0v) is 39.2. The smallest absolute Gasteiger partial charge is 0.324 e. The number of ether oxygens (including phenoxy) is 6. The molecule has 71 heavy (non-hydrogen) atoms. The second kappa shape index (κ2) is 20.0. The van der Waals surface area contributed by atoms with Crippen LogP contribution in [0.2, 0.25) is 0 Å². The van der Waals surface area contributed by atoms with Crippen molar-refractivity contribution in [1.82, 2.24) is 14.7 Å². The second-order valence-electron chi connectivity index (χ2n) is 18.0. The van der Waals surface area contributed by atoms with Gasteiger partial charge in [-0.1, -0.05) is 96.8 Å². The molecule has 0 unspecified atom stereocenters. The van der Waals surface area contributed by atoms with Crippen LogP contribution in [0.15, 0.2) is 121 Å². The largest absolute Gasteiger partial charge is 0.491 e. The zero-order valence-electron chi connectivity index (χ0n) is 39.2. The van der Waals surface area contributed by atoms with Crippen LogP contribution in [0.4, 0.5) is 5.69 Å². The molecular formula is C55H52N4O12. The second-order valence-corrected chi connectivity index (χ2v) is 18.0. The predicted molar refractivity (Wildman–Crippen MR) is 256 cm³/mol. The summed E-state index contributed by atoms with van der Waals surface area (Å²) in [4.78, 5) is 78.6. The van der Waals surface area contributed by atoms with Crippen LogP contribution in [0.5, 0.6) is 17.2 Å². The first-order chi connectivity index (χ1) is 34.7. The summed E-state index contributed by atoms with van der Waals surface area (Å²) in [5.74, 6) is 1.89. The van der Waals surface area contributed by atoms with Crippen molar-refractivity contribution in [2.45, 2.75) is 42.6 Å². The number of nitrogens with zero attached hydrogens (tertiary/aromatic N) is 3. The highest BCUT2D eigenvalue weighted by molar-refractivity contribution is 6.12. The number of cyclic esters (lactones) is 1. The third-order valence-corrected chi connectivity index (χ3v) is 14.2. The molecule has 0 bridgehead atoms. The highest BCUT2D eigenvalue weighted by Gasteiger charge is 2.74. The molecule has 0 aromatic heterocycles. The molecule has 364 valence electrons. The lowest BCUT2D eigenvalue weighted by Gasteiger charge is -2.46. The van der Waals surface area contributed by atoms with Crippen LogP contribution >= 0.6 is 0 Å². The summed E-state index contributed by atoms with van der Waals surface area (Å²) in [5, 5.41) is 13.2. The van der Waals surface area contributed by atoms with Gasteiger partial charge in [0.2, 0.25) is 18.6 Å². The van der Waals surface area contributed by atoms with Crippen LogP contribution in [-0.2, 0) is 50.1 Å². The number of methoxy groups -OCH3 is 2. The number of piperazine rings is 1. The first kappa shape index (κ1) is 47.0. The van der Waals surface area contributed by atoms with Crippen molar-refractivity contribution >= 4 is 35.4 Å². The Morgan fingerprint density at radius 2 is 1.49 bits per heavy atom. The van der Waals surface area contributed by atoms with Crippen molar-refractivity contribution < 1.29 is 57.5 Å². The lowest BCUT2D eigenvalue weighted by molar-refractivity contribution is -0.179. The number of esters is 3. The molecule has 16 heteroatoms. The summed E-state index contributed by atoms with van der Waals surface area (Å²) in [6, 6.07) is 34.1. The molecule has 3 saturated heterocycles. The summed E-state index contributed by atoms with van der Waals surface area (Å²) >= 11 is 0. The summed E-state index contributed by atoms with van der Waals surface area (Å²) < 4.78 is 33.8. The van der Waals surface area contributed by atoms with Crippen LogP contribution in [-0.4, -0.2) is 116 Å². The topological polar surface area (TPSA) is 183 Å². The van der Waals surface area contributed by atoms with Gasteiger partial charge in [-0.2, -0.15) is 0 Å². The Bertz CT molecular complexity index is 2900. The van der Waals surface area contributed by atoms with Gasteiger partial charge in [-0.25, -0.2) is 0 Å². The zero-order chi connectivity index (χ0) is 49.2. The number of carbonyl (C=O) groups excluding carboxylic acids is 5. The van der Waals surface area contributed by atoms with E-state index in [9.17, 15) is 14.7 Å². The lowest BCUT2D eigenvalue weighted by Crippen LogP contribution is -2.58. The molecule has 16 nitrogen and oxygen atoms in total. The number of aliphatic hydroxyl groups is 1. The predicted octanol–water partition coefficient (Wildman–Crippen LogP) is 5.11. The molecule has 2 amide bonds. The molecule has 5 aromatic carbocycles. The molecule has 1 spiro atoms. The number of rotatable bonds is 12. The molecule has 0 saturated carbocycles. The van der Waals surface area contributed by atoms with Crippen LogP contribution in [0, 0.1) is 23.7 Å². The SMILES string of the molecule is COC(=O)C(CC#Cc1ccc2c(c1)[C@]1(C(=O)N2)[C@H](c2ccccc2OCCO)N2[C@H](c3ccccc3)[C@H](c3ccccc3)OC(=O)[C@H]2[C@@H]1C(=O)N1CCN(Cc2ccc3c(c2)OCO3)CC1)C(=O)OC. The Morgan fingerprint density at radius 3 is 2.21 bits per heavy atom. The standard InChI is InChI=1S/C55H52N4O12/c1-66-51(62)39(52(63)67-2)18-11-12-34-20-22-41-40(30-34)55(54(65)56-41)45(50(61)58-26-24-57(25-27-58)32-35-21-23-43-44(31-35)70-33-69-43)47-53(64)71-48(37-15-7-4-8-16-37)46(36-13-5-3-6-14-36)59(47)49(55)38-17-9-10-19-42(38)68-29-28-60/h3-10,13-17,19-23,30-31,39,45-49,60H,18,24-29,32-33H2,1-2H3,(H,56,65)/t45-,46-,47-,48+,49+,55-/m1/s1. The van der Waals surface area contributed by atoms with Gasteiger partial charge in [0.15, 0.2) is 17.4 Å². The van der Waals surface area contributed by atoms with Gasteiger partial charge >= 0.3 is 17.9 Å². The van der Waals surface area contributed by atoms with E-state index < -0.39 is 71.2 Å². The average Bonchev–Trinajstić information content (AvgIpc) is 4.09. The Hall–Kier alpha value is -7.71. The van der Waals surface area contributed by atoms with Crippen molar-refractivity contribution in [1.29, 1.82) is 0 Å². The van der Waals surface area contributed by atoms with E-state index in [2.05, 4.69) is 22.1 Å². The summed E-state index contributed by atoms with van der Waals surface area (Å²) in [6.07, 6.45) is -1.11. The Morgan fingerprint density at radius 1 is 0.803 bits per heavy atom. The van der Waals surface area contributed by atoms with Gasteiger partial charge < -0.3 is 43.7 Å². The van der Waals surface area contributed by atoms with Gasteiger partial charge in [-0.15, -0.1) is 0 Å². The van der Waals surface area contributed by atoms with E-state index in [-0.39, 0.29) is 26.4 Å². The van der Waals surface area contributed by atoms with Crippen LogP contribution < -0.4 is 19.5 Å². The maximum Gasteiger partial charge on any atom is 0.324 e. The number of fused-ring (bicyclic) bond motifs is 4. The molecule has 5 heterocycles. The average molecular weight is 961 g/mol. The molecule has 3 fully saturated rings. The van der Waals surface area contributed by atoms with E-state index in [0.717, 1.165) is 11.1 Å². The van der Waals surface area contributed by atoms with Gasteiger partial charge in [0, 0.05) is 56.0 Å². The fourth-order valence-corrected chi connectivity index (χ4v) is 11.0. The normalized spacial score (nSPS) is 23.3. The number of para-hydroxylation sites is 1. The number of benzene rings is 5. The van der Waals surface area contributed by atoms with Crippen molar-refractivity contribution in [2.24, 2.45) is 11.8 Å². The highest BCUT2D eigenvalue weighted by Crippen LogP contribution is 2.66. The van der Waals surface area contributed by atoms with Crippen molar-refractivity contribution in [3.63, 3.8) is 0 Å². The number of aliphatic hydroxyl groups excluding tert-OH is 1. The minimum atomic E-state index is -1.85. The first-order valence-electron chi connectivity index (χ1n) is 23.6. The number of carbonyl (C=O) groups is 5. The van der Waals surface area contributed by atoms with E-state index in [1.807, 2.05) is 95.9 Å². The van der Waals surface area contributed by atoms with E-state index in [1.165, 1.54) is 14.2 Å². The fourth-order valence-electron chi connectivity index (χ4n) is 11.0. The lowest BCUT2D eigenvalue weighted by atomic mass is 9.64. The minimum Gasteiger partial charge on any atom is -0.491 e. The molecule has 5 aromatic rings. The molecule has 5 aliphatic heterocycles. The molecule has 5 aliphatic rings. The Labute approximate surface area is 410 Å². The number of hydrogen-bond acceptors (Lipinski definition) is 14. The number of amides is 2. The van der Waals surface area contributed by atoms with Gasteiger partial charge in [0.25, 0.3) is 0 Å². The molecule has 10 rings (SSSR count). The van der Waals surface area contributed by atoms with E-state index in [4.69, 9.17) is 28.4 Å². The molecular weight excluding hydrogens is 909 g/mol. The molecule has 6 atom stereocenters. The fraction of sp³-hybridized carbons (Fsp3) is 0.327. The number of hydrogen-bond donors (Lipinski definition) is 2. The Balaban J connectivity index is 1.14. The number of anilines is 1. The van der Waals surface area contributed by atoms with Crippen molar-refractivity contribution in [3.05, 3.63) is 155 Å². The van der Waals surface area contributed by atoms with Gasteiger partial charge in [-0.05, 0) is 58.7 Å². The third kappa shape index (κ3) is 8.49. The molecule has 2 N–H and O–H groups in total. The van der Waals surface area contributed by atoms with E-state index in [0.29, 0.717) is 77.9 Å². The quantitative estimate of drug-likeness (QED) is 0.0729. The van der Waals surface area contributed by atoms with Crippen molar-refractivity contribution in [2.75, 3.05) is 65.7 Å². The monoisotopic (exact) mass is 960 g/mol. The van der Waals surface area contributed by atoms with Gasteiger partial charge in [0.1, 0.15) is 29.9 Å². The van der Waals surface area contributed by atoms with Crippen LogP contribution in [0.3, 0.4) is 0 Å². The van der Waals surface area contributed by atoms with Crippen molar-refractivity contribution in [3.8, 4) is 29.1 Å². The third-order valence-electron chi connectivity index (χ3n) is 14.2. The number of morpholine rings is 1. The molecule has 0 radical (unpaired) electrons. The summed E-state index contributed by atoms with van der Waals surface area (Å²) in [7, 11) is 2.35.